The monoisotopic (exact) mass is 268 g/mol. The second-order valence-electron chi connectivity index (χ2n) is 6.54. The lowest BCUT2D eigenvalue weighted by Crippen LogP contribution is -2.39. The van der Waals surface area contributed by atoms with Crippen LogP contribution in [0.25, 0.3) is 0 Å². The highest BCUT2D eigenvalue weighted by Gasteiger charge is 2.17. The Kier molecular flexibility index (Phi) is 8.72. The summed E-state index contributed by atoms with van der Waals surface area (Å²) >= 11 is 0. The highest BCUT2D eigenvalue weighted by molar-refractivity contribution is 4.74. The Balaban J connectivity index is 2.11. The molecule has 1 N–H and O–H groups in total. The fraction of sp³-hybridized carbons (Fsp3) is 1.00. The van der Waals surface area contributed by atoms with Gasteiger partial charge in [-0.3, -0.25) is 0 Å². The highest BCUT2D eigenvalue weighted by Crippen LogP contribution is 2.16. The summed E-state index contributed by atoms with van der Waals surface area (Å²) in [6, 6.07) is 1.55. The Labute approximate surface area is 121 Å². The standard InChI is InChI=1S/C17H36N2/c1-5-15(3)14-17(6-2)18-11-9-13-19-12-8-7-10-16(19)4/h15-18H,5-14H2,1-4H3. The second-order valence-corrected chi connectivity index (χ2v) is 6.54. The van der Waals surface area contributed by atoms with E-state index in [2.05, 4.69) is 37.9 Å². The molecule has 1 aliphatic rings. The summed E-state index contributed by atoms with van der Waals surface area (Å²) in [5.74, 6) is 0.861. The van der Waals surface area contributed by atoms with Gasteiger partial charge in [0.25, 0.3) is 0 Å². The van der Waals surface area contributed by atoms with Gasteiger partial charge in [0.15, 0.2) is 0 Å². The highest BCUT2D eigenvalue weighted by atomic mass is 15.2. The third kappa shape index (κ3) is 6.76. The maximum absolute atomic E-state index is 3.76. The molecule has 0 bridgehead atoms. The van der Waals surface area contributed by atoms with Crippen molar-refractivity contribution in [3.8, 4) is 0 Å². The zero-order valence-corrected chi connectivity index (χ0v) is 13.8. The molecule has 1 fully saturated rings. The average molecular weight is 268 g/mol. The molecular weight excluding hydrogens is 232 g/mol. The number of hydrogen-bond donors (Lipinski definition) is 1. The summed E-state index contributed by atoms with van der Waals surface area (Å²) in [6.45, 7) is 13.2. The second kappa shape index (κ2) is 9.77. The number of nitrogens with zero attached hydrogens (tertiary/aromatic N) is 1. The SMILES string of the molecule is CCC(C)CC(CC)NCCCN1CCCCC1C. The molecule has 1 rings (SSSR count). The van der Waals surface area contributed by atoms with Crippen LogP contribution in [-0.2, 0) is 0 Å². The molecule has 0 radical (unpaired) electrons. The first-order valence-corrected chi connectivity index (χ1v) is 8.64. The van der Waals surface area contributed by atoms with Crippen molar-refractivity contribution >= 4 is 0 Å². The fourth-order valence-corrected chi connectivity index (χ4v) is 3.12. The van der Waals surface area contributed by atoms with E-state index < -0.39 is 0 Å². The van der Waals surface area contributed by atoms with E-state index in [1.54, 1.807) is 0 Å². The normalized spacial score (nSPS) is 24.3. The molecule has 3 unspecified atom stereocenters. The van der Waals surface area contributed by atoms with E-state index in [-0.39, 0.29) is 0 Å². The summed E-state index contributed by atoms with van der Waals surface area (Å²) in [7, 11) is 0. The Morgan fingerprint density at radius 3 is 2.63 bits per heavy atom. The maximum Gasteiger partial charge on any atom is 0.00669 e. The Hall–Kier alpha value is -0.0800. The summed E-state index contributed by atoms with van der Waals surface area (Å²) in [4.78, 5) is 2.68. The van der Waals surface area contributed by atoms with Crippen LogP contribution in [0, 0.1) is 5.92 Å². The molecule has 114 valence electrons. The summed E-state index contributed by atoms with van der Waals surface area (Å²) in [6.07, 6.45) is 9.47. The van der Waals surface area contributed by atoms with E-state index in [4.69, 9.17) is 0 Å². The Morgan fingerprint density at radius 2 is 2.00 bits per heavy atom. The third-order valence-corrected chi connectivity index (χ3v) is 4.87. The summed E-state index contributed by atoms with van der Waals surface area (Å²) < 4.78 is 0. The number of piperidine rings is 1. The van der Waals surface area contributed by atoms with E-state index in [0.717, 1.165) is 18.0 Å². The van der Waals surface area contributed by atoms with Crippen LogP contribution >= 0.6 is 0 Å². The lowest BCUT2D eigenvalue weighted by atomic mass is 9.98. The molecule has 3 atom stereocenters. The summed E-state index contributed by atoms with van der Waals surface area (Å²) in [5.41, 5.74) is 0. The van der Waals surface area contributed by atoms with Gasteiger partial charge in [0.05, 0.1) is 0 Å². The molecule has 0 amide bonds. The molecule has 2 nitrogen and oxygen atoms in total. The van der Waals surface area contributed by atoms with Crippen LogP contribution < -0.4 is 5.32 Å². The smallest absolute Gasteiger partial charge is 0.00669 e. The largest absolute Gasteiger partial charge is 0.314 e. The molecule has 0 saturated carbocycles. The lowest BCUT2D eigenvalue weighted by Gasteiger charge is -2.33. The summed E-state index contributed by atoms with van der Waals surface area (Å²) in [5, 5.41) is 3.76. The van der Waals surface area contributed by atoms with Gasteiger partial charge >= 0.3 is 0 Å². The third-order valence-electron chi connectivity index (χ3n) is 4.87. The first-order chi connectivity index (χ1) is 9.17. The van der Waals surface area contributed by atoms with E-state index in [1.165, 1.54) is 64.6 Å². The predicted octanol–water partition coefficient (Wildman–Crippen LogP) is 4.06. The van der Waals surface area contributed by atoms with Gasteiger partial charge in [-0.1, -0.05) is 33.6 Å². The van der Waals surface area contributed by atoms with Crippen molar-refractivity contribution in [1.29, 1.82) is 0 Å². The molecular formula is C17H36N2. The van der Waals surface area contributed by atoms with Gasteiger partial charge in [-0.05, 0) is 64.6 Å². The van der Waals surface area contributed by atoms with E-state index >= 15 is 0 Å². The molecule has 2 heteroatoms. The van der Waals surface area contributed by atoms with Crippen LogP contribution in [0.15, 0.2) is 0 Å². The zero-order chi connectivity index (χ0) is 14.1. The Morgan fingerprint density at radius 1 is 1.21 bits per heavy atom. The predicted molar refractivity (Wildman–Crippen MR) is 85.7 cm³/mol. The molecule has 0 aromatic heterocycles. The van der Waals surface area contributed by atoms with Crippen molar-refractivity contribution in [3.05, 3.63) is 0 Å². The van der Waals surface area contributed by atoms with Crippen molar-refractivity contribution in [2.75, 3.05) is 19.6 Å². The van der Waals surface area contributed by atoms with Crippen LogP contribution in [0.4, 0.5) is 0 Å². The van der Waals surface area contributed by atoms with E-state index in [0.29, 0.717) is 0 Å². The van der Waals surface area contributed by atoms with Crippen molar-refractivity contribution in [1.82, 2.24) is 10.2 Å². The van der Waals surface area contributed by atoms with Crippen LogP contribution in [0.3, 0.4) is 0 Å². The van der Waals surface area contributed by atoms with Gasteiger partial charge in [-0.15, -0.1) is 0 Å². The van der Waals surface area contributed by atoms with E-state index in [1.807, 2.05) is 0 Å². The van der Waals surface area contributed by atoms with Crippen LogP contribution in [0.1, 0.15) is 72.6 Å². The van der Waals surface area contributed by atoms with Crippen LogP contribution in [-0.4, -0.2) is 36.6 Å². The van der Waals surface area contributed by atoms with E-state index in [9.17, 15) is 0 Å². The maximum atomic E-state index is 3.76. The minimum Gasteiger partial charge on any atom is -0.314 e. The van der Waals surface area contributed by atoms with Gasteiger partial charge in [0, 0.05) is 12.1 Å². The van der Waals surface area contributed by atoms with Gasteiger partial charge in [0.1, 0.15) is 0 Å². The van der Waals surface area contributed by atoms with Crippen molar-refractivity contribution in [2.45, 2.75) is 84.7 Å². The molecule has 1 aliphatic heterocycles. The van der Waals surface area contributed by atoms with Crippen LogP contribution in [0.2, 0.25) is 0 Å². The fourth-order valence-electron chi connectivity index (χ4n) is 3.12. The molecule has 0 aromatic rings. The Bertz CT molecular complexity index is 217. The first kappa shape index (κ1) is 17.0. The minimum absolute atomic E-state index is 0.730. The molecule has 0 aromatic carbocycles. The van der Waals surface area contributed by atoms with Gasteiger partial charge in [0.2, 0.25) is 0 Å². The molecule has 0 spiro atoms. The van der Waals surface area contributed by atoms with Crippen LogP contribution in [0.5, 0.6) is 0 Å². The average Bonchev–Trinajstić information content (AvgIpc) is 2.43. The molecule has 1 saturated heterocycles. The zero-order valence-electron chi connectivity index (χ0n) is 13.8. The quantitative estimate of drug-likeness (QED) is 0.635. The number of hydrogen-bond acceptors (Lipinski definition) is 2. The van der Waals surface area contributed by atoms with Gasteiger partial charge in [-0.2, -0.15) is 0 Å². The van der Waals surface area contributed by atoms with Crippen molar-refractivity contribution in [3.63, 3.8) is 0 Å². The molecule has 0 aliphatic carbocycles. The number of nitrogens with one attached hydrogen (secondary N) is 1. The first-order valence-electron chi connectivity index (χ1n) is 8.64. The van der Waals surface area contributed by atoms with Gasteiger partial charge in [-0.25, -0.2) is 0 Å². The molecule has 19 heavy (non-hydrogen) atoms. The molecule has 1 heterocycles. The number of likely N-dealkylation sites (tertiary alicyclic amines) is 1. The van der Waals surface area contributed by atoms with Crippen molar-refractivity contribution in [2.24, 2.45) is 5.92 Å². The lowest BCUT2D eigenvalue weighted by molar-refractivity contribution is 0.158. The topological polar surface area (TPSA) is 15.3 Å². The minimum atomic E-state index is 0.730. The number of rotatable bonds is 9. The van der Waals surface area contributed by atoms with Crippen molar-refractivity contribution < 1.29 is 0 Å². The van der Waals surface area contributed by atoms with Gasteiger partial charge < -0.3 is 10.2 Å².